The van der Waals surface area contributed by atoms with Crippen LogP contribution in [-0.4, -0.2) is 0 Å². The van der Waals surface area contributed by atoms with Crippen LogP contribution in [0, 0.1) is 23.4 Å². The van der Waals surface area contributed by atoms with Crippen LogP contribution in [0.3, 0.4) is 0 Å². The predicted octanol–water partition coefficient (Wildman–Crippen LogP) is 10.4. The van der Waals surface area contributed by atoms with Crippen molar-refractivity contribution in [3.63, 3.8) is 0 Å². The van der Waals surface area contributed by atoms with Gasteiger partial charge in [0.15, 0.2) is 11.6 Å². The Labute approximate surface area is 214 Å². The highest BCUT2D eigenvalue weighted by molar-refractivity contribution is 5.72. The number of hydrogen-bond acceptors (Lipinski definition) is 0. The third-order valence-corrected chi connectivity index (χ3v) is 7.66. The van der Waals surface area contributed by atoms with E-state index in [1.54, 1.807) is 30.4 Å². The van der Waals surface area contributed by atoms with Crippen molar-refractivity contribution in [2.24, 2.45) is 5.92 Å². The van der Waals surface area contributed by atoms with E-state index < -0.39 is 11.6 Å². The average Bonchev–Trinajstić information content (AvgIpc) is 2.90. The van der Waals surface area contributed by atoms with Crippen molar-refractivity contribution in [2.45, 2.75) is 77.6 Å². The highest BCUT2D eigenvalue weighted by Gasteiger charge is 2.25. The first-order valence-electron chi connectivity index (χ1n) is 13.5. The quantitative estimate of drug-likeness (QED) is 0.262. The van der Waals surface area contributed by atoms with E-state index in [4.69, 9.17) is 0 Å². The van der Waals surface area contributed by atoms with Crippen LogP contribution >= 0.6 is 0 Å². The molecule has 1 aliphatic rings. The van der Waals surface area contributed by atoms with Gasteiger partial charge in [0.05, 0.1) is 0 Å². The summed E-state index contributed by atoms with van der Waals surface area (Å²) in [6.07, 6.45) is 12.9. The molecule has 0 unspecified atom stereocenters. The van der Waals surface area contributed by atoms with Gasteiger partial charge in [0, 0.05) is 11.1 Å². The maximum atomic E-state index is 14.9. The predicted molar refractivity (Wildman–Crippen MR) is 145 cm³/mol. The Morgan fingerprint density at radius 2 is 1.53 bits per heavy atom. The molecule has 0 atom stereocenters. The first-order chi connectivity index (χ1) is 17.5. The van der Waals surface area contributed by atoms with E-state index in [0.717, 1.165) is 67.6 Å². The molecule has 3 heteroatoms. The van der Waals surface area contributed by atoms with Gasteiger partial charge in [-0.2, -0.15) is 0 Å². The lowest BCUT2D eigenvalue weighted by Gasteiger charge is -2.29. The van der Waals surface area contributed by atoms with E-state index in [1.807, 2.05) is 36.4 Å². The Morgan fingerprint density at radius 3 is 2.19 bits per heavy atom. The monoisotopic (exact) mass is 490 g/mol. The number of rotatable bonds is 9. The van der Waals surface area contributed by atoms with E-state index in [9.17, 15) is 13.2 Å². The molecule has 0 aromatic heterocycles. The maximum Gasteiger partial charge on any atom is 0.166 e. The standard InChI is InChI=1S/C33H37F3/c1-3-5-7-25-13-20-29(31(34)22-25)26-14-10-24(11-15-26)12-18-28-19-21-30(33(36)32(28)35)27-16-8-23(6-4-2)9-17-27/h10-15,18-23,27H,3-9,16-17H2,1-2H3. The summed E-state index contributed by atoms with van der Waals surface area (Å²) in [5.41, 5.74) is 3.99. The topological polar surface area (TPSA) is 0 Å². The highest BCUT2D eigenvalue weighted by atomic mass is 19.2. The molecule has 1 aliphatic carbocycles. The van der Waals surface area contributed by atoms with Crippen molar-refractivity contribution in [1.29, 1.82) is 0 Å². The van der Waals surface area contributed by atoms with Crippen LogP contribution in [0.5, 0.6) is 0 Å². The summed E-state index contributed by atoms with van der Waals surface area (Å²) in [7, 11) is 0. The van der Waals surface area contributed by atoms with Crippen LogP contribution in [0.2, 0.25) is 0 Å². The molecule has 0 aliphatic heterocycles. The molecule has 0 radical (unpaired) electrons. The lowest BCUT2D eigenvalue weighted by molar-refractivity contribution is 0.303. The number of unbranched alkanes of at least 4 members (excludes halogenated alkanes) is 1. The van der Waals surface area contributed by atoms with Gasteiger partial charge in [0.2, 0.25) is 0 Å². The smallest absolute Gasteiger partial charge is 0.166 e. The van der Waals surface area contributed by atoms with Gasteiger partial charge < -0.3 is 0 Å². The summed E-state index contributed by atoms with van der Waals surface area (Å²) in [6, 6.07) is 16.3. The minimum Gasteiger partial charge on any atom is -0.206 e. The van der Waals surface area contributed by atoms with Gasteiger partial charge in [-0.15, -0.1) is 0 Å². The molecule has 3 aromatic carbocycles. The summed E-state index contributed by atoms with van der Waals surface area (Å²) in [5, 5.41) is 0. The van der Waals surface area contributed by atoms with Crippen LogP contribution in [0.1, 0.15) is 93.4 Å². The zero-order valence-electron chi connectivity index (χ0n) is 21.5. The van der Waals surface area contributed by atoms with Crippen molar-refractivity contribution < 1.29 is 13.2 Å². The molecule has 36 heavy (non-hydrogen) atoms. The Balaban J connectivity index is 1.43. The Bertz CT molecular complexity index is 1170. The normalized spacial score (nSPS) is 18.1. The molecule has 0 spiro atoms. The third-order valence-electron chi connectivity index (χ3n) is 7.66. The zero-order chi connectivity index (χ0) is 25.5. The zero-order valence-corrected chi connectivity index (χ0v) is 21.5. The minimum absolute atomic E-state index is 0.110. The fraction of sp³-hybridized carbons (Fsp3) is 0.394. The number of aryl methyl sites for hydroxylation is 1. The molecule has 190 valence electrons. The molecular formula is C33H37F3. The second kappa shape index (κ2) is 12.4. The van der Waals surface area contributed by atoms with E-state index >= 15 is 0 Å². The van der Waals surface area contributed by atoms with Gasteiger partial charge in [0.25, 0.3) is 0 Å². The second-order valence-corrected chi connectivity index (χ2v) is 10.3. The summed E-state index contributed by atoms with van der Waals surface area (Å²) in [5.74, 6) is -0.859. The Hall–Kier alpha value is -2.81. The van der Waals surface area contributed by atoms with Gasteiger partial charge in [-0.3, -0.25) is 0 Å². The lowest BCUT2D eigenvalue weighted by Crippen LogP contribution is -2.15. The summed E-state index contributed by atoms with van der Waals surface area (Å²) < 4.78 is 44.5. The first kappa shape index (κ1) is 26.3. The highest BCUT2D eigenvalue weighted by Crippen LogP contribution is 2.39. The van der Waals surface area contributed by atoms with E-state index in [-0.39, 0.29) is 17.3 Å². The van der Waals surface area contributed by atoms with Crippen LogP contribution in [0.25, 0.3) is 23.3 Å². The molecule has 0 bridgehead atoms. The summed E-state index contributed by atoms with van der Waals surface area (Å²) in [4.78, 5) is 0. The molecule has 0 nitrogen and oxygen atoms in total. The largest absolute Gasteiger partial charge is 0.206 e. The van der Waals surface area contributed by atoms with Crippen molar-refractivity contribution in [3.8, 4) is 11.1 Å². The minimum atomic E-state index is -0.777. The van der Waals surface area contributed by atoms with Crippen LogP contribution in [-0.2, 0) is 6.42 Å². The van der Waals surface area contributed by atoms with Gasteiger partial charge in [0.1, 0.15) is 5.82 Å². The van der Waals surface area contributed by atoms with Crippen molar-refractivity contribution in [1.82, 2.24) is 0 Å². The molecule has 0 N–H and O–H groups in total. The SMILES string of the molecule is CCCCc1ccc(-c2ccc(C=Cc3ccc(C4CCC(CCC)CC4)c(F)c3F)cc2)c(F)c1. The lowest BCUT2D eigenvalue weighted by atomic mass is 9.77. The van der Waals surface area contributed by atoms with Gasteiger partial charge in [-0.25, -0.2) is 13.2 Å². The van der Waals surface area contributed by atoms with E-state index in [1.165, 1.54) is 12.8 Å². The molecule has 3 aromatic rings. The van der Waals surface area contributed by atoms with Gasteiger partial charge in [-0.1, -0.05) is 93.8 Å². The number of hydrogen-bond donors (Lipinski definition) is 0. The Morgan fingerprint density at radius 1 is 0.778 bits per heavy atom. The summed E-state index contributed by atoms with van der Waals surface area (Å²) in [6.45, 7) is 4.33. The molecule has 0 heterocycles. The maximum absolute atomic E-state index is 14.9. The molecule has 1 saturated carbocycles. The Kier molecular flexibility index (Phi) is 9.07. The van der Waals surface area contributed by atoms with E-state index in [2.05, 4.69) is 13.8 Å². The molecule has 0 saturated heterocycles. The first-order valence-corrected chi connectivity index (χ1v) is 13.5. The van der Waals surface area contributed by atoms with Crippen LogP contribution < -0.4 is 0 Å². The molecule has 0 amide bonds. The van der Waals surface area contributed by atoms with Crippen LogP contribution in [0.15, 0.2) is 54.6 Å². The second-order valence-electron chi connectivity index (χ2n) is 10.3. The van der Waals surface area contributed by atoms with Crippen LogP contribution in [0.4, 0.5) is 13.2 Å². The third kappa shape index (κ3) is 6.30. The number of halogens is 3. The summed E-state index contributed by atoms with van der Waals surface area (Å²) >= 11 is 0. The van der Waals surface area contributed by atoms with Crippen molar-refractivity contribution in [3.05, 3.63) is 94.3 Å². The van der Waals surface area contributed by atoms with Gasteiger partial charge in [-0.05, 0) is 78.7 Å². The van der Waals surface area contributed by atoms with Crippen molar-refractivity contribution >= 4 is 12.2 Å². The fourth-order valence-electron chi connectivity index (χ4n) is 5.48. The van der Waals surface area contributed by atoms with Gasteiger partial charge >= 0.3 is 0 Å². The molecule has 1 fully saturated rings. The number of benzene rings is 3. The van der Waals surface area contributed by atoms with Crippen molar-refractivity contribution in [2.75, 3.05) is 0 Å². The van der Waals surface area contributed by atoms with E-state index in [0.29, 0.717) is 11.1 Å². The molecule has 4 rings (SSSR count). The molecular weight excluding hydrogens is 453 g/mol. The fourth-order valence-corrected chi connectivity index (χ4v) is 5.48. The average molecular weight is 491 g/mol.